The molecule has 0 radical (unpaired) electrons. The van der Waals surface area contributed by atoms with Crippen molar-refractivity contribution in [3.05, 3.63) is 0 Å². The lowest BCUT2D eigenvalue weighted by atomic mass is 9.87. The van der Waals surface area contributed by atoms with Crippen molar-refractivity contribution in [2.24, 2.45) is 0 Å². The normalized spacial score (nSPS) is 13.4. The van der Waals surface area contributed by atoms with Crippen molar-refractivity contribution in [3.63, 3.8) is 0 Å². The van der Waals surface area contributed by atoms with Gasteiger partial charge in [0.2, 0.25) is 0 Å². The van der Waals surface area contributed by atoms with Crippen molar-refractivity contribution >= 4 is 17.3 Å². The van der Waals surface area contributed by atoms with Crippen LogP contribution in [0.25, 0.3) is 0 Å². The zero-order valence-corrected chi connectivity index (χ0v) is 18.5. The van der Waals surface area contributed by atoms with Gasteiger partial charge in [-0.05, 0) is 12.2 Å². The number of aliphatic hydroxyl groups is 12. The van der Waals surface area contributed by atoms with Crippen molar-refractivity contribution < 1.29 is 61.3 Å². The molecule has 0 saturated heterocycles. The summed E-state index contributed by atoms with van der Waals surface area (Å²) in [7, 11) is 0. The minimum atomic E-state index is -2.19. The van der Waals surface area contributed by atoms with E-state index in [1.165, 1.54) is 0 Å². The molecule has 0 atom stereocenters. The van der Waals surface area contributed by atoms with Gasteiger partial charge in [0.1, 0.15) is 22.2 Å². The van der Waals surface area contributed by atoms with Gasteiger partial charge in [-0.15, -0.1) is 0 Å². The predicted molar refractivity (Wildman–Crippen MR) is 112 cm³/mol. The van der Waals surface area contributed by atoms with Gasteiger partial charge in [-0.25, -0.2) is 0 Å². The first-order chi connectivity index (χ1) is 15.1. The van der Waals surface area contributed by atoms with Crippen LogP contribution in [0.4, 0.5) is 0 Å². The van der Waals surface area contributed by atoms with E-state index in [0.29, 0.717) is 9.80 Å². The lowest BCUT2D eigenvalue weighted by molar-refractivity contribution is -0.140. The average Bonchev–Trinajstić information content (AvgIpc) is 2.86. The first kappa shape index (κ1) is 31.2. The van der Waals surface area contributed by atoms with Crippen molar-refractivity contribution in [2.45, 2.75) is 22.2 Å². The van der Waals surface area contributed by atoms with Gasteiger partial charge in [0.15, 0.2) is 5.11 Å². The molecule has 0 saturated carbocycles. The number of nitrogens with zero attached hydrogens (tertiary/aromatic N) is 2. The molecule has 0 heterocycles. The van der Waals surface area contributed by atoms with Crippen LogP contribution in [0.1, 0.15) is 0 Å². The molecule has 12 N–H and O–H groups in total. The van der Waals surface area contributed by atoms with Gasteiger partial charge >= 0.3 is 0 Å². The maximum Gasteiger partial charge on any atom is 0.174 e. The maximum atomic E-state index is 10.00. The van der Waals surface area contributed by atoms with Gasteiger partial charge in [-0.2, -0.15) is 0 Å². The third-order valence-electron chi connectivity index (χ3n) is 5.81. The monoisotopic (exact) mass is 492 g/mol. The summed E-state index contributed by atoms with van der Waals surface area (Å²) in [6.07, 6.45) is 0. The molecule has 0 aliphatic carbocycles. The Hall–Kier alpha value is -0.790. The molecule has 15 heteroatoms. The number of rotatable bonds is 16. The molecule has 32 heavy (non-hydrogen) atoms. The second-order valence-corrected chi connectivity index (χ2v) is 8.11. The topological polar surface area (TPSA) is 249 Å². The summed E-state index contributed by atoms with van der Waals surface area (Å²) < 4.78 is 0. The Bertz CT molecular complexity index is 435. The van der Waals surface area contributed by atoms with Crippen LogP contribution >= 0.6 is 12.2 Å². The van der Waals surface area contributed by atoms with Crippen LogP contribution in [0, 0.1) is 0 Å². The summed E-state index contributed by atoms with van der Waals surface area (Å²) in [6.45, 7) is -12.8. The van der Waals surface area contributed by atoms with Gasteiger partial charge in [-0.3, -0.25) is 0 Å². The lowest BCUT2D eigenvalue weighted by Gasteiger charge is -2.59. The Balaban J connectivity index is 7.42. The smallest absolute Gasteiger partial charge is 0.174 e. The minimum Gasteiger partial charge on any atom is -0.394 e. The lowest BCUT2D eigenvalue weighted by Crippen LogP contribution is -2.79. The van der Waals surface area contributed by atoms with Gasteiger partial charge < -0.3 is 71.1 Å². The standard InChI is InChI=1S/C17H36N2O12S/c20-1-14(2-21,3-22)18(15(4-23,5-24)6-25)13(32)19(16(7-26,8-27)9-28)17(10-29,11-30)12-31/h20-31H,1-12H2. The summed E-state index contributed by atoms with van der Waals surface area (Å²) in [5.41, 5.74) is -8.77. The quantitative estimate of drug-likeness (QED) is 0.0894. The summed E-state index contributed by atoms with van der Waals surface area (Å²) >= 11 is 5.40. The van der Waals surface area contributed by atoms with Gasteiger partial charge in [0, 0.05) is 0 Å². The first-order valence-electron chi connectivity index (χ1n) is 9.58. The highest BCUT2D eigenvalue weighted by Gasteiger charge is 2.56. The number of hydrogen-bond acceptors (Lipinski definition) is 13. The zero-order valence-electron chi connectivity index (χ0n) is 17.7. The van der Waals surface area contributed by atoms with E-state index in [0.717, 1.165) is 0 Å². The second-order valence-electron chi connectivity index (χ2n) is 7.75. The Morgan fingerprint density at radius 2 is 0.500 bits per heavy atom. The van der Waals surface area contributed by atoms with E-state index < -0.39 is 107 Å². The largest absolute Gasteiger partial charge is 0.394 e. The Labute approximate surface area is 190 Å². The predicted octanol–water partition coefficient (Wildman–Crippen LogP) is -7.26. The van der Waals surface area contributed by atoms with Crippen LogP contribution in [0.5, 0.6) is 0 Å². The van der Waals surface area contributed by atoms with E-state index in [1.807, 2.05) is 0 Å². The van der Waals surface area contributed by atoms with Crippen LogP contribution in [-0.4, -0.2) is 178 Å². The molecule has 0 aromatic rings. The molecule has 14 nitrogen and oxygen atoms in total. The van der Waals surface area contributed by atoms with E-state index >= 15 is 0 Å². The summed E-state index contributed by atoms with van der Waals surface area (Å²) in [6, 6.07) is 0. The van der Waals surface area contributed by atoms with Gasteiger partial charge in [0.25, 0.3) is 0 Å². The second kappa shape index (κ2) is 13.2. The minimum absolute atomic E-state index is 0.654. The van der Waals surface area contributed by atoms with E-state index in [1.54, 1.807) is 0 Å². The first-order valence-corrected chi connectivity index (χ1v) is 9.99. The third-order valence-corrected chi connectivity index (χ3v) is 6.18. The van der Waals surface area contributed by atoms with E-state index in [9.17, 15) is 61.3 Å². The Morgan fingerprint density at radius 3 is 0.594 bits per heavy atom. The molecule has 0 bridgehead atoms. The molecule has 0 unspecified atom stereocenters. The van der Waals surface area contributed by atoms with Gasteiger partial charge in [-0.1, -0.05) is 0 Å². The number of thiocarbonyl (C=S) groups is 1. The Kier molecular flexibility index (Phi) is 12.9. The SMILES string of the molecule is OCC(CO)(CO)N(C(=S)N(C(CO)(CO)CO)C(CO)(CO)CO)C(CO)(CO)CO. The molecule has 0 amide bonds. The van der Waals surface area contributed by atoms with Crippen LogP contribution in [0.2, 0.25) is 0 Å². The fourth-order valence-electron chi connectivity index (χ4n) is 3.37. The van der Waals surface area contributed by atoms with Crippen LogP contribution in [-0.2, 0) is 0 Å². The molecule has 0 fully saturated rings. The van der Waals surface area contributed by atoms with Crippen molar-refractivity contribution in [3.8, 4) is 0 Å². The van der Waals surface area contributed by atoms with Crippen molar-refractivity contribution in [1.29, 1.82) is 0 Å². The van der Waals surface area contributed by atoms with Crippen molar-refractivity contribution in [2.75, 3.05) is 79.3 Å². The van der Waals surface area contributed by atoms with Crippen molar-refractivity contribution in [1.82, 2.24) is 9.80 Å². The van der Waals surface area contributed by atoms with Crippen LogP contribution < -0.4 is 0 Å². The fraction of sp³-hybridized carbons (Fsp3) is 0.941. The van der Waals surface area contributed by atoms with Gasteiger partial charge in [0.05, 0.1) is 79.3 Å². The highest BCUT2D eigenvalue weighted by molar-refractivity contribution is 7.80. The molecule has 0 rings (SSSR count). The molecule has 0 aromatic heterocycles. The average molecular weight is 493 g/mol. The number of hydrogen-bond donors (Lipinski definition) is 12. The maximum absolute atomic E-state index is 10.00. The van der Waals surface area contributed by atoms with Crippen LogP contribution in [0.15, 0.2) is 0 Å². The number of aliphatic hydroxyl groups excluding tert-OH is 12. The zero-order chi connectivity index (χ0) is 25.2. The highest BCUT2D eigenvalue weighted by atomic mass is 32.1. The molecular weight excluding hydrogens is 456 g/mol. The molecule has 0 aliphatic heterocycles. The summed E-state index contributed by atoms with van der Waals surface area (Å²) in [5, 5.41) is 119. The van der Waals surface area contributed by atoms with E-state index in [2.05, 4.69) is 0 Å². The molecule has 192 valence electrons. The third kappa shape index (κ3) is 5.15. The fourth-order valence-corrected chi connectivity index (χ4v) is 4.14. The summed E-state index contributed by atoms with van der Waals surface area (Å²) in [4.78, 5) is 1.31. The molecule has 0 aliphatic rings. The molecule has 0 spiro atoms. The van der Waals surface area contributed by atoms with E-state index in [4.69, 9.17) is 12.2 Å². The Morgan fingerprint density at radius 1 is 0.375 bits per heavy atom. The van der Waals surface area contributed by atoms with Crippen LogP contribution in [0.3, 0.4) is 0 Å². The molecular formula is C17H36N2O12S. The highest BCUT2D eigenvalue weighted by Crippen LogP contribution is 2.34. The molecule has 0 aromatic carbocycles. The summed E-state index contributed by atoms with van der Waals surface area (Å²) in [5.74, 6) is 0. The van der Waals surface area contributed by atoms with E-state index in [-0.39, 0.29) is 0 Å².